The Hall–Kier alpha value is -0.300. The molecule has 1 aliphatic rings. The third kappa shape index (κ3) is 6.43. The molecule has 0 aromatic carbocycles. The second kappa shape index (κ2) is 9.60. The van der Waals surface area contributed by atoms with Crippen LogP contribution in [0.15, 0.2) is 11.6 Å². The van der Waals surface area contributed by atoms with Crippen LogP contribution in [-0.2, 0) is 0 Å². The summed E-state index contributed by atoms with van der Waals surface area (Å²) in [5.41, 5.74) is 1.54. The molecule has 1 saturated carbocycles. The van der Waals surface area contributed by atoms with Gasteiger partial charge in [-0.3, -0.25) is 4.90 Å². The maximum Gasteiger partial charge on any atom is 0.0165 e. The van der Waals surface area contributed by atoms with Gasteiger partial charge in [-0.2, -0.15) is 0 Å². The molecule has 20 heavy (non-hydrogen) atoms. The number of rotatable bonds is 8. The Bertz CT molecular complexity index is 271. The van der Waals surface area contributed by atoms with Gasteiger partial charge in [0.2, 0.25) is 0 Å². The second-order valence-corrected chi connectivity index (χ2v) is 7.16. The molecule has 0 saturated heterocycles. The average molecular weight is 280 g/mol. The van der Waals surface area contributed by atoms with Crippen molar-refractivity contribution in [2.75, 3.05) is 19.6 Å². The Balaban J connectivity index is 2.41. The minimum absolute atomic E-state index is 0.693. The molecule has 1 fully saturated rings. The zero-order valence-electron chi connectivity index (χ0n) is 14.6. The second-order valence-electron chi connectivity index (χ2n) is 7.16. The lowest BCUT2D eigenvalue weighted by Crippen LogP contribution is -2.32. The van der Waals surface area contributed by atoms with Gasteiger partial charge in [0.25, 0.3) is 0 Å². The van der Waals surface area contributed by atoms with Crippen molar-refractivity contribution in [1.82, 2.24) is 4.90 Å². The molecule has 0 amide bonds. The van der Waals surface area contributed by atoms with Crippen molar-refractivity contribution < 1.29 is 0 Å². The zero-order valence-corrected chi connectivity index (χ0v) is 14.6. The summed E-state index contributed by atoms with van der Waals surface area (Å²) in [6.07, 6.45) is 11.0. The van der Waals surface area contributed by atoms with Gasteiger partial charge in [-0.05, 0) is 50.5 Å². The first kappa shape index (κ1) is 17.8. The van der Waals surface area contributed by atoms with E-state index in [2.05, 4.69) is 45.6 Å². The van der Waals surface area contributed by atoms with E-state index in [4.69, 9.17) is 0 Å². The summed E-state index contributed by atoms with van der Waals surface area (Å²) in [5, 5.41) is 0. The monoisotopic (exact) mass is 279 g/mol. The fourth-order valence-electron chi connectivity index (χ4n) is 3.27. The highest BCUT2D eigenvalue weighted by Gasteiger charge is 2.21. The van der Waals surface area contributed by atoms with Gasteiger partial charge in [-0.1, -0.05) is 58.6 Å². The maximum atomic E-state index is 2.68. The molecule has 0 heterocycles. The number of nitrogens with zero attached hydrogens (tertiary/aromatic N) is 1. The highest BCUT2D eigenvalue weighted by Crippen LogP contribution is 2.31. The van der Waals surface area contributed by atoms with Crippen LogP contribution in [0.5, 0.6) is 0 Å². The van der Waals surface area contributed by atoms with Crippen molar-refractivity contribution in [3.8, 4) is 0 Å². The van der Waals surface area contributed by atoms with Crippen molar-refractivity contribution >= 4 is 0 Å². The van der Waals surface area contributed by atoms with E-state index in [-0.39, 0.29) is 0 Å². The van der Waals surface area contributed by atoms with E-state index in [1.807, 2.05) is 0 Å². The maximum absolute atomic E-state index is 2.68. The number of hydrogen-bond donors (Lipinski definition) is 0. The molecule has 0 atom stereocenters. The van der Waals surface area contributed by atoms with Crippen LogP contribution in [-0.4, -0.2) is 24.5 Å². The molecule has 0 radical (unpaired) electrons. The van der Waals surface area contributed by atoms with E-state index in [9.17, 15) is 0 Å². The Kier molecular flexibility index (Phi) is 8.52. The summed E-state index contributed by atoms with van der Waals surface area (Å²) in [6, 6.07) is 0. The first-order valence-electron chi connectivity index (χ1n) is 8.95. The predicted molar refractivity (Wildman–Crippen MR) is 91.1 cm³/mol. The number of allylic oxidation sites excluding steroid dienone is 1. The Morgan fingerprint density at radius 1 is 1.10 bits per heavy atom. The van der Waals surface area contributed by atoms with Crippen LogP contribution in [0.4, 0.5) is 0 Å². The van der Waals surface area contributed by atoms with Gasteiger partial charge in [-0.15, -0.1) is 0 Å². The van der Waals surface area contributed by atoms with E-state index >= 15 is 0 Å². The predicted octanol–water partition coefficient (Wildman–Crippen LogP) is 5.52. The van der Waals surface area contributed by atoms with E-state index in [0.29, 0.717) is 5.92 Å². The first-order chi connectivity index (χ1) is 9.56. The Labute approximate surface area is 127 Å². The van der Waals surface area contributed by atoms with Gasteiger partial charge in [0.05, 0.1) is 0 Å². The van der Waals surface area contributed by atoms with Crippen molar-refractivity contribution in [2.24, 2.45) is 17.8 Å². The lowest BCUT2D eigenvalue weighted by atomic mass is 9.80. The third-order valence-electron chi connectivity index (χ3n) is 5.18. The van der Waals surface area contributed by atoms with Gasteiger partial charge < -0.3 is 0 Å². The lowest BCUT2D eigenvalue weighted by molar-refractivity contribution is 0.189. The lowest BCUT2D eigenvalue weighted by Gasteiger charge is -2.32. The highest BCUT2D eigenvalue weighted by molar-refractivity contribution is 5.02. The standard InChI is InChI=1S/C19H37N/c1-6-13-20(14-12-17(5)16(3)4)15-19-10-8-18(7-2)9-11-19/h12,16,18-19H,6-11,13-15H2,1-5H3/b17-12+. The largest absolute Gasteiger partial charge is 0.299 e. The molecule has 1 nitrogen and oxygen atoms in total. The topological polar surface area (TPSA) is 3.24 Å². The van der Waals surface area contributed by atoms with Crippen LogP contribution in [0.2, 0.25) is 0 Å². The fraction of sp³-hybridized carbons (Fsp3) is 0.895. The van der Waals surface area contributed by atoms with Crippen LogP contribution >= 0.6 is 0 Å². The van der Waals surface area contributed by atoms with E-state index < -0.39 is 0 Å². The van der Waals surface area contributed by atoms with Gasteiger partial charge in [0.1, 0.15) is 0 Å². The molecule has 0 spiro atoms. The summed E-state index contributed by atoms with van der Waals surface area (Å²) >= 11 is 0. The van der Waals surface area contributed by atoms with Gasteiger partial charge in [0, 0.05) is 13.1 Å². The third-order valence-corrected chi connectivity index (χ3v) is 5.18. The fourth-order valence-corrected chi connectivity index (χ4v) is 3.27. The first-order valence-corrected chi connectivity index (χ1v) is 8.95. The molecule has 1 rings (SSSR count). The van der Waals surface area contributed by atoms with Gasteiger partial charge in [0.15, 0.2) is 0 Å². The van der Waals surface area contributed by atoms with E-state index in [1.165, 1.54) is 51.6 Å². The van der Waals surface area contributed by atoms with Gasteiger partial charge in [-0.25, -0.2) is 0 Å². The molecular formula is C19H37N. The van der Waals surface area contributed by atoms with Gasteiger partial charge >= 0.3 is 0 Å². The van der Waals surface area contributed by atoms with E-state index in [1.54, 1.807) is 5.57 Å². The van der Waals surface area contributed by atoms with Crippen LogP contribution in [0.25, 0.3) is 0 Å². The van der Waals surface area contributed by atoms with Crippen molar-refractivity contribution in [2.45, 2.75) is 73.1 Å². The summed E-state index contributed by atoms with van der Waals surface area (Å²) < 4.78 is 0. The zero-order chi connectivity index (χ0) is 15.0. The minimum atomic E-state index is 0.693. The molecule has 0 aromatic heterocycles. The highest BCUT2D eigenvalue weighted by atomic mass is 15.1. The normalized spacial score (nSPS) is 24.6. The molecule has 0 aliphatic heterocycles. The molecule has 0 N–H and O–H groups in total. The molecular weight excluding hydrogens is 242 g/mol. The molecule has 118 valence electrons. The Morgan fingerprint density at radius 2 is 1.70 bits per heavy atom. The molecule has 0 unspecified atom stereocenters. The van der Waals surface area contributed by atoms with Crippen LogP contribution in [0.1, 0.15) is 73.1 Å². The molecule has 1 aliphatic carbocycles. The average Bonchev–Trinajstić information content (AvgIpc) is 2.45. The van der Waals surface area contributed by atoms with Crippen molar-refractivity contribution in [3.63, 3.8) is 0 Å². The minimum Gasteiger partial charge on any atom is -0.299 e. The van der Waals surface area contributed by atoms with Crippen LogP contribution < -0.4 is 0 Å². The number of hydrogen-bond acceptors (Lipinski definition) is 1. The summed E-state index contributed by atoms with van der Waals surface area (Å²) in [4.78, 5) is 2.68. The smallest absolute Gasteiger partial charge is 0.0165 e. The summed E-state index contributed by atoms with van der Waals surface area (Å²) in [5.74, 6) is 2.67. The van der Waals surface area contributed by atoms with Crippen LogP contribution in [0.3, 0.4) is 0 Å². The molecule has 0 aromatic rings. The van der Waals surface area contributed by atoms with Crippen LogP contribution in [0, 0.1) is 17.8 Å². The summed E-state index contributed by atoms with van der Waals surface area (Å²) in [7, 11) is 0. The quantitative estimate of drug-likeness (QED) is 0.529. The Morgan fingerprint density at radius 3 is 2.20 bits per heavy atom. The molecule has 1 heteroatoms. The van der Waals surface area contributed by atoms with Crippen molar-refractivity contribution in [3.05, 3.63) is 11.6 Å². The van der Waals surface area contributed by atoms with Crippen molar-refractivity contribution in [1.29, 1.82) is 0 Å². The SMILES string of the molecule is CCCN(C/C=C(\C)C(C)C)CC1CCC(CC)CC1. The molecule has 0 bridgehead atoms. The summed E-state index contributed by atoms with van der Waals surface area (Å²) in [6.45, 7) is 15.3. The van der Waals surface area contributed by atoms with E-state index in [0.717, 1.165) is 18.4 Å².